The fourth-order valence-corrected chi connectivity index (χ4v) is 4.60. The molecule has 20 heavy (non-hydrogen) atoms. The van der Waals surface area contributed by atoms with Gasteiger partial charge in [0.2, 0.25) is 10.0 Å². The molecule has 0 bridgehead atoms. The van der Waals surface area contributed by atoms with Gasteiger partial charge in [0.05, 0.1) is 5.75 Å². The van der Waals surface area contributed by atoms with Crippen LogP contribution in [0.2, 0.25) is 5.15 Å². The molecular formula is C8H11ClN4O4S3. The Morgan fingerprint density at radius 1 is 1.40 bits per heavy atom. The number of aromatic nitrogens is 2. The van der Waals surface area contributed by atoms with Crippen molar-refractivity contribution in [1.29, 1.82) is 0 Å². The summed E-state index contributed by atoms with van der Waals surface area (Å²) in [4.78, 5) is 4.38. The standard InChI is InChI=1S/C8H11ClN4O4S3/c9-6-7(13-3-4-18-8(13)12-6)20(16,17)11-2-1-5-19(10,14)15/h3-4,11H,1-2,5H2,(H2,10,14,15). The Kier molecular flexibility index (Phi) is 4.37. The summed E-state index contributed by atoms with van der Waals surface area (Å²) >= 11 is 7.07. The van der Waals surface area contributed by atoms with Gasteiger partial charge in [0, 0.05) is 18.1 Å². The summed E-state index contributed by atoms with van der Waals surface area (Å²) in [6.07, 6.45) is 1.61. The zero-order valence-electron chi connectivity index (χ0n) is 9.98. The summed E-state index contributed by atoms with van der Waals surface area (Å²) in [5.74, 6) is -0.302. The van der Waals surface area contributed by atoms with Crippen LogP contribution in [0.15, 0.2) is 16.6 Å². The molecule has 2 rings (SSSR count). The molecule has 0 aliphatic heterocycles. The van der Waals surface area contributed by atoms with Crippen LogP contribution in [0.4, 0.5) is 0 Å². The number of thiazole rings is 1. The molecule has 0 aliphatic carbocycles. The van der Waals surface area contributed by atoms with Crippen LogP contribution in [-0.4, -0.2) is 38.5 Å². The molecule has 2 heterocycles. The van der Waals surface area contributed by atoms with Crippen molar-refractivity contribution in [3.63, 3.8) is 0 Å². The molecule has 0 saturated heterocycles. The van der Waals surface area contributed by atoms with E-state index in [1.54, 1.807) is 5.38 Å². The molecule has 0 atom stereocenters. The van der Waals surface area contributed by atoms with E-state index in [1.165, 1.54) is 21.9 Å². The second-order valence-corrected chi connectivity index (χ2v) is 8.53. The maximum absolute atomic E-state index is 12.1. The lowest BCUT2D eigenvalue weighted by molar-refractivity contribution is 0.572. The van der Waals surface area contributed by atoms with Gasteiger partial charge in [0.1, 0.15) is 0 Å². The molecule has 112 valence electrons. The van der Waals surface area contributed by atoms with Gasteiger partial charge in [-0.05, 0) is 6.42 Å². The van der Waals surface area contributed by atoms with E-state index in [4.69, 9.17) is 16.7 Å². The van der Waals surface area contributed by atoms with Crippen molar-refractivity contribution < 1.29 is 16.8 Å². The number of fused-ring (bicyclic) bond motifs is 1. The lowest BCUT2D eigenvalue weighted by Crippen LogP contribution is -2.28. The van der Waals surface area contributed by atoms with Crippen molar-refractivity contribution in [2.45, 2.75) is 11.4 Å². The number of rotatable bonds is 6. The highest BCUT2D eigenvalue weighted by atomic mass is 35.5. The average Bonchev–Trinajstić information content (AvgIpc) is 2.82. The minimum absolute atomic E-state index is 0.0630. The van der Waals surface area contributed by atoms with Crippen LogP contribution in [0.5, 0.6) is 0 Å². The van der Waals surface area contributed by atoms with E-state index < -0.39 is 20.0 Å². The Labute approximate surface area is 124 Å². The fourth-order valence-electron chi connectivity index (χ4n) is 1.53. The molecule has 2 aromatic heterocycles. The van der Waals surface area contributed by atoms with Crippen LogP contribution in [0.1, 0.15) is 6.42 Å². The van der Waals surface area contributed by atoms with Crippen LogP contribution in [0, 0.1) is 0 Å². The molecule has 0 spiro atoms. The highest BCUT2D eigenvalue weighted by Gasteiger charge is 2.24. The Morgan fingerprint density at radius 2 is 2.10 bits per heavy atom. The maximum Gasteiger partial charge on any atom is 0.259 e. The highest BCUT2D eigenvalue weighted by molar-refractivity contribution is 7.89. The van der Waals surface area contributed by atoms with Gasteiger partial charge in [0.25, 0.3) is 10.0 Å². The van der Waals surface area contributed by atoms with Crippen molar-refractivity contribution in [2.24, 2.45) is 5.14 Å². The van der Waals surface area contributed by atoms with Gasteiger partial charge in [-0.3, -0.25) is 4.40 Å². The van der Waals surface area contributed by atoms with E-state index in [0.717, 1.165) is 0 Å². The molecule has 0 amide bonds. The summed E-state index contributed by atoms with van der Waals surface area (Å²) < 4.78 is 49.4. The number of nitrogens with two attached hydrogens (primary N) is 1. The van der Waals surface area contributed by atoms with E-state index >= 15 is 0 Å². The largest absolute Gasteiger partial charge is 0.279 e. The molecular weight excluding hydrogens is 348 g/mol. The van der Waals surface area contributed by atoms with Gasteiger partial charge in [-0.15, -0.1) is 11.3 Å². The lowest BCUT2D eigenvalue weighted by Gasteiger charge is -2.05. The van der Waals surface area contributed by atoms with Crippen LogP contribution >= 0.6 is 22.9 Å². The summed E-state index contributed by atoms with van der Waals surface area (Å²) in [6.45, 7) is -0.0630. The number of halogens is 1. The van der Waals surface area contributed by atoms with E-state index in [2.05, 4.69) is 9.71 Å². The Hall–Kier alpha value is -0.720. The number of nitrogens with one attached hydrogen (secondary N) is 1. The first-order chi connectivity index (χ1) is 9.21. The molecule has 12 heteroatoms. The second kappa shape index (κ2) is 5.58. The number of primary sulfonamides is 1. The highest BCUT2D eigenvalue weighted by Crippen LogP contribution is 2.25. The monoisotopic (exact) mass is 358 g/mol. The third-order valence-electron chi connectivity index (χ3n) is 2.33. The molecule has 2 aromatic rings. The van der Waals surface area contributed by atoms with Crippen molar-refractivity contribution >= 4 is 47.9 Å². The quantitative estimate of drug-likeness (QED) is 0.704. The number of hydrogen-bond donors (Lipinski definition) is 2. The van der Waals surface area contributed by atoms with Crippen molar-refractivity contribution in [3.05, 3.63) is 16.7 Å². The van der Waals surface area contributed by atoms with Crippen LogP contribution < -0.4 is 9.86 Å². The number of sulfonamides is 2. The van der Waals surface area contributed by atoms with Crippen molar-refractivity contribution in [1.82, 2.24) is 14.1 Å². The Morgan fingerprint density at radius 3 is 2.75 bits per heavy atom. The minimum Gasteiger partial charge on any atom is -0.279 e. The molecule has 0 radical (unpaired) electrons. The van der Waals surface area contributed by atoms with Gasteiger partial charge in [-0.1, -0.05) is 11.6 Å². The van der Waals surface area contributed by atoms with Crippen molar-refractivity contribution in [2.75, 3.05) is 12.3 Å². The first-order valence-electron chi connectivity index (χ1n) is 5.32. The van der Waals surface area contributed by atoms with Crippen LogP contribution in [0.25, 0.3) is 4.96 Å². The van der Waals surface area contributed by atoms with Gasteiger partial charge in [-0.2, -0.15) is 0 Å². The van der Waals surface area contributed by atoms with Gasteiger partial charge in [-0.25, -0.2) is 31.7 Å². The zero-order chi connectivity index (χ0) is 15.0. The molecule has 0 saturated carbocycles. The van der Waals surface area contributed by atoms with E-state index in [9.17, 15) is 16.8 Å². The van der Waals surface area contributed by atoms with E-state index in [1.807, 2.05) is 0 Å². The summed E-state index contributed by atoms with van der Waals surface area (Å²) in [6, 6.07) is 0. The van der Waals surface area contributed by atoms with Gasteiger partial charge < -0.3 is 0 Å². The first-order valence-corrected chi connectivity index (χ1v) is 9.77. The molecule has 0 fully saturated rings. The fraction of sp³-hybridized carbons (Fsp3) is 0.375. The third-order valence-corrected chi connectivity index (χ3v) is 5.80. The van der Waals surface area contributed by atoms with Crippen molar-refractivity contribution in [3.8, 4) is 0 Å². The average molecular weight is 359 g/mol. The predicted molar refractivity (Wildman–Crippen MR) is 75.9 cm³/mol. The first kappa shape index (κ1) is 15.7. The Balaban J connectivity index is 2.14. The summed E-state index contributed by atoms with van der Waals surface area (Å²) in [5, 5.41) is 6.21. The summed E-state index contributed by atoms with van der Waals surface area (Å²) in [7, 11) is -7.48. The SMILES string of the molecule is NS(=O)(=O)CCCNS(=O)(=O)c1c(Cl)nc2sccn12. The third kappa shape index (κ3) is 3.48. The zero-order valence-corrected chi connectivity index (χ0v) is 13.2. The van der Waals surface area contributed by atoms with Crippen LogP contribution in [-0.2, 0) is 20.0 Å². The van der Waals surface area contributed by atoms with E-state index in [-0.39, 0.29) is 28.9 Å². The maximum atomic E-state index is 12.1. The smallest absolute Gasteiger partial charge is 0.259 e. The van der Waals surface area contributed by atoms with Gasteiger partial charge >= 0.3 is 0 Å². The number of nitrogens with zero attached hydrogens (tertiary/aromatic N) is 2. The summed E-state index contributed by atoms with van der Waals surface area (Å²) in [5.41, 5.74) is 0. The molecule has 8 nitrogen and oxygen atoms in total. The molecule has 0 aromatic carbocycles. The minimum atomic E-state index is -3.87. The lowest BCUT2D eigenvalue weighted by atomic mass is 10.5. The van der Waals surface area contributed by atoms with E-state index in [0.29, 0.717) is 4.96 Å². The number of hydrogen-bond acceptors (Lipinski definition) is 6. The van der Waals surface area contributed by atoms with Crippen LogP contribution in [0.3, 0.4) is 0 Å². The van der Waals surface area contributed by atoms with Gasteiger partial charge in [0.15, 0.2) is 15.1 Å². The molecule has 0 aliphatic rings. The predicted octanol–water partition coefficient (Wildman–Crippen LogP) is 0.00610. The number of imidazole rings is 1. The molecule has 3 N–H and O–H groups in total. The molecule has 0 unspecified atom stereocenters. The normalized spacial score (nSPS) is 13.1. The second-order valence-electron chi connectivity index (χ2n) is 3.88. The topological polar surface area (TPSA) is 124 Å². The Bertz CT molecular complexity index is 823.